The van der Waals surface area contributed by atoms with E-state index in [0.717, 1.165) is 12.8 Å². The Morgan fingerprint density at radius 3 is 2.36 bits per heavy atom. The lowest BCUT2D eigenvalue weighted by Gasteiger charge is -2.44. The highest BCUT2D eigenvalue weighted by Crippen LogP contribution is 2.51. The number of halogens is 1. The highest BCUT2D eigenvalue weighted by atomic mass is 19.1. The maximum absolute atomic E-state index is 13.9. The van der Waals surface area contributed by atoms with Crippen molar-refractivity contribution in [3.63, 3.8) is 0 Å². The first-order chi connectivity index (χ1) is 6.37. The van der Waals surface area contributed by atoms with E-state index in [2.05, 4.69) is 5.32 Å². The van der Waals surface area contributed by atoms with Crippen molar-refractivity contribution in [2.75, 3.05) is 6.54 Å². The zero-order chi connectivity index (χ0) is 10.6. The molecule has 2 fully saturated rings. The SMILES string of the molecule is CC(C)(F)C1C(O)C(O)CNC12CC2. The summed E-state index contributed by atoms with van der Waals surface area (Å²) in [5.74, 6) is -0.501. The van der Waals surface area contributed by atoms with Crippen molar-refractivity contribution in [1.82, 2.24) is 5.32 Å². The molecule has 3 atom stereocenters. The van der Waals surface area contributed by atoms with Gasteiger partial charge in [0.05, 0.1) is 12.2 Å². The second-order valence-electron chi connectivity index (χ2n) is 5.14. The minimum absolute atomic E-state index is 0.253. The Morgan fingerprint density at radius 2 is 1.93 bits per heavy atom. The smallest absolute Gasteiger partial charge is 0.112 e. The average Bonchev–Trinajstić information content (AvgIpc) is 2.77. The standard InChI is InChI=1S/C10H18FNO2/c1-9(2,11)8-7(14)6(13)5-12-10(8)3-4-10/h6-8,12-14H,3-5H2,1-2H3. The van der Waals surface area contributed by atoms with Gasteiger partial charge < -0.3 is 15.5 Å². The molecule has 1 heterocycles. The van der Waals surface area contributed by atoms with Gasteiger partial charge in [-0.2, -0.15) is 0 Å². The third-order valence-corrected chi connectivity index (χ3v) is 3.52. The van der Waals surface area contributed by atoms with Gasteiger partial charge >= 0.3 is 0 Å². The number of rotatable bonds is 1. The first-order valence-electron chi connectivity index (χ1n) is 5.17. The van der Waals surface area contributed by atoms with Crippen molar-refractivity contribution < 1.29 is 14.6 Å². The number of β-amino-alcohol motifs (C(OH)–C–C–N with tert-alkyl or cyclic N) is 1. The Hall–Kier alpha value is -0.190. The van der Waals surface area contributed by atoms with Crippen molar-refractivity contribution in [3.05, 3.63) is 0 Å². The fraction of sp³-hybridized carbons (Fsp3) is 1.00. The monoisotopic (exact) mass is 203 g/mol. The molecule has 3 N–H and O–H groups in total. The van der Waals surface area contributed by atoms with Crippen LogP contribution in [0.1, 0.15) is 26.7 Å². The van der Waals surface area contributed by atoms with Crippen LogP contribution in [0.3, 0.4) is 0 Å². The molecule has 0 aromatic heterocycles. The lowest BCUT2D eigenvalue weighted by molar-refractivity contribution is -0.103. The maximum Gasteiger partial charge on any atom is 0.112 e. The second kappa shape index (κ2) is 2.90. The van der Waals surface area contributed by atoms with E-state index < -0.39 is 23.8 Å². The molecule has 1 aliphatic carbocycles. The molecular formula is C10H18FNO2. The van der Waals surface area contributed by atoms with Gasteiger partial charge in [-0.1, -0.05) is 0 Å². The van der Waals surface area contributed by atoms with E-state index in [1.54, 1.807) is 0 Å². The molecule has 0 bridgehead atoms. The molecule has 14 heavy (non-hydrogen) atoms. The number of aliphatic hydroxyl groups is 2. The molecule has 1 saturated heterocycles. The van der Waals surface area contributed by atoms with Crippen LogP contribution in [-0.4, -0.2) is 40.2 Å². The molecule has 3 nitrogen and oxygen atoms in total. The minimum atomic E-state index is -1.45. The van der Waals surface area contributed by atoms with Gasteiger partial charge in [-0.15, -0.1) is 0 Å². The van der Waals surface area contributed by atoms with Crippen LogP contribution in [0.4, 0.5) is 4.39 Å². The molecule has 2 rings (SSSR count). The normalized spacial score (nSPS) is 41.4. The van der Waals surface area contributed by atoms with Gasteiger partial charge in [-0.3, -0.25) is 0 Å². The highest BCUT2D eigenvalue weighted by molar-refractivity contribution is 5.16. The minimum Gasteiger partial charge on any atom is -0.390 e. The van der Waals surface area contributed by atoms with Crippen LogP contribution in [0.2, 0.25) is 0 Å². The number of alkyl halides is 1. The first kappa shape index (κ1) is 10.3. The summed E-state index contributed by atoms with van der Waals surface area (Å²) in [6.45, 7) is 3.31. The third kappa shape index (κ3) is 1.45. The lowest BCUT2D eigenvalue weighted by atomic mass is 9.75. The molecule has 2 aliphatic rings. The van der Waals surface area contributed by atoms with Crippen molar-refractivity contribution in [2.45, 2.75) is 50.1 Å². The fourth-order valence-corrected chi connectivity index (χ4v) is 2.77. The summed E-state index contributed by atoms with van der Waals surface area (Å²) in [4.78, 5) is 0. The zero-order valence-electron chi connectivity index (χ0n) is 8.63. The van der Waals surface area contributed by atoms with Crippen LogP contribution >= 0.6 is 0 Å². The maximum atomic E-state index is 13.9. The number of hydrogen-bond acceptors (Lipinski definition) is 3. The van der Waals surface area contributed by atoms with Gasteiger partial charge in [-0.25, -0.2) is 4.39 Å². The first-order valence-corrected chi connectivity index (χ1v) is 5.17. The van der Waals surface area contributed by atoms with Crippen LogP contribution < -0.4 is 5.32 Å². The third-order valence-electron chi connectivity index (χ3n) is 3.52. The van der Waals surface area contributed by atoms with Crippen LogP contribution in [-0.2, 0) is 0 Å². The van der Waals surface area contributed by atoms with Gasteiger partial charge in [0.25, 0.3) is 0 Å². The molecule has 0 aromatic carbocycles. The van der Waals surface area contributed by atoms with Crippen LogP contribution in [0.25, 0.3) is 0 Å². The van der Waals surface area contributed by atoms with Crippen molar-refractivity contribution in [2.24, 2.45) is 5.92 Å². The summed E-state index contributed by atoms with van der Waals surface area (Å²) in [6.07, 6.45) is 0.00356. The number of nitrogens with one attached hydrogen (secondary N) is 1. The zero-order valence-corrected chi connectivity index (χ0v) is 8.63. The second-order valence-corrected chi connectivity index (χ2v) is 5.14. The summed E-state index contributed by atoms with van der Waals surface area (Å²) < 4.78 is 13.9. The van der Waals surface area contributed by atoms with E-state index in [0.29, 0.717) is 6.54 Å². The molecule has 3 unspecified atom stereocenters. The predicted octanol–water partition coefficient (Wildman–Crippen LogP) is 0.208. The largest absolute Gasteiger partial charge is 0.390 e. The quantitative estimate of drug-likeness (QED) is 0.571. The van der Waals surface area contributed by atoms with Gasteiger partial charge in [0.15, 0.2) is 0 Å². The fourth-order valence-electron chi connectivity index (χ4n) is 2.77. The molecule has 4 heteroatoms. The number of piperidine rings is 1. The molecule has 0 amide bonds. The molecule has 0 aromatic rings. The number of aliphatic hydroxyl groups excluding tert-OH is 2. The molecule has 82 valence electrons. The summed E-state index contributed by atoms with van der Waals surface area (Å²) in [7, 11) is 0. The van der Waals surface area contributed by atoms with Crippen molar-refractivity contribution >= 4 is 0 Å². The van der Waals surface area contributed by atoms with Crippen molar-refractivity contribution in [3.8, 4) is 0 Å². The van der Waals surface area contributed by atoms with Gasteiger partial charge in [0, 0.05) is 18.0 Å². The van der Waals surface area contributed by atoms with E-state index in [1.165, 1.54) is 13.8 Å². The topological polar surface area (TPSA) is 52.5 Å². The van der Waals surface area contributed by atoms with Gasteiger partial charge in [0.2, 0.25) is 0 Å². The Bertz CT molecular complexity index is 235. The Balaban J connectivity index is 2.23. The Labute approximate surface area is 83.3 Å². The van der Waals surface area contributed by atoms with Crippen molar-refractivity contribution in [1.29, 1.82) is 0 Å². The number of hydrogen-bond donors (Lipinski definition) is 3. The molecule has 1 saturated carbocycles. The molecular weight excluding hydrogens is 185 g/mol. The van der Waals surface area contributed by atoms with Crippen LogP contribution in [0.5, 0.6) is 0 Å². The summed E-state index contributed by atoms with van der Waals surface area (Å²) >= 11 is 0. The highest BCUT2D eigenvalue weighted by Gasteiger charge is 2.61. The van der Waals surface area contributed by atoms with E-state index in [9.17, 15) is 14.6 Å². The van der Waals surface area contributed by atoms with E-state index in [1.807, 2.05) is 0 Å². The van der Waals surface area contributed by atoms with Crippen LogP contribution in [0, 0.1) is 5.92 Å². The molecule has 1 spiro atoms. The molecule has 1 aliphatic heterocycles. The average molecular weight is 203 g/mol. The van der Waals surface area contributed by atoms with E-state index >= 15 is 0 Å². The Kier molecular flexibility index (Phi) is 2.14. The van der Waals surface area contributed by atoms with Gasteiger partial charge in [0.1, 0.15) is 5.67 Å². The predicted molar refractivity (Wildman–Crippen MR) is 50.7 cm³/mol. The Morgan fingerprint density at radius 1 is 1.36 bits per heavy atom. The van der Waals surface area contributed by atoms with E-state index in [4.69, 9.17) is 0 Å². The lowest BCUT2D eigenvalue weighted by Crippen LogP contribution is -2.63. The van der Waals surface area contributed by atoms with E-state index in [-0.39, 0.29) is 5.54 Å². The summed E-state index contributed by atoms with van der Waals surface area (Å²) in [6, 6.07) is 0. The molecule has 0 radical (unpaired) electrons. The summed E-state index contributed by atoms with van der Waals surface area (Å²) in [5, 5.41) is 22.5. The van der Waals surface area contributed by atoms with Gasteiger partial charge in [-0.05, 0) is 26.7 Å². The summed E-state index contributed by atoms with van der Waals surface area (Å²) in [5.41, 5.74) is -1.71. The van der Waals surface area contributed by atoms with Crippen LogP contribution in [0.15, 0.2) is 0 Å².